The minimum absolute atomic E-state index is 0.0348. The summed E-state index contributed by atoms with van der Waals surface area (Å²) in [6.45, 7) is 6.96. The van der Waals surface area contributed by atoms with Crippen molar-refractivity contribution in [3.63, 3.8) is 0 Å². The van der Waals surface area contributed by atoms with Crippen molar-refractivity contribution in [3.8, 4) is 0 Å². The quantitative estimate of drug-likeness (QED) is 0.850. The van der Waals surface area contributed by atoms with Crippen LogP contribution in [0.2, 0.25) is 0 Å². The van der Waals surface area contributed by atoms with Crippen LogP contribution < -0.4 is 10.5 Å². The number of benzene rings is 1. The zero-order valence-electron chi connectivity index (χ0n) is 12.9. The number of piperazine rings is 1. The van der Waals surface area contributed by atoms with Gasteiger partial charge in [0.05, 0.1) is 32.7 Å². The molecule has 0 aliphatic carbocycles. The number of aromatic nitrogens is 1. The Hall–Kier alpha value is -2.14. The van der Waals surface area contributed by atoms with E-state index in [9.17, 15) is 9.59 Å². The van der Waals surface area contributed by atoms with Gasteiger partial charge < -0.3 is 14.4 Å². The molecule has 22 heavy (non-hydrogen) atoms. The fourth-order valence-electron chi connectivity index (χ4n) is 3.03. The van der Waals surface area contributed by atoms with Crippen molar-refractivity contribution >= 4 is 16.7 Å². The van der Waals surface area contributed by atoms with Gasteiger partial charge in [-0.1, -0.05) is 18.2 Å². The van der Waals surface area contributed by atoms with Gasteiger partial charge in [-0.05, 0) is 24.4 Å². The Labute approximate surface area is 129 Å². The number of quaternary nitrogens is 1. The van der Waals surface area contributed by atoms with Crippen molar-refractivity contribution in [1.29, 1.82) is 0 Å². The summed E-state index contributed by atoms with van der Waals surface area (Å²) in [6.07, 6.45) is 1.72. The molecular weight excluding hydrogens is 278 g/mol. The number of amides is 1. The lowest BCUT2D eigenvalue weighted by atomic mass is 10.2. The number of likely N-dealkylation sites (N-methyl/N-ethyl adjacent to an activating group) is 1. The van der Waals surface area contributed by atoms with Gasteiger partial charge in [0.2, 0.25) is 5.91 Å². The molecule has 0 atom stereocenters. The summed E-state index contributed by atoms with van der Waals surface area (Å²) in [4.78, 5) is 28.3. The molecule has 5 nitrogen and oxygen atoms in total. The number of carbonyl (C=O) groups excluding carboxylic acids is 1. The lowest BCUT2D eigenvalue weighted by Gasteiger charge is -2.31. The first kappa shape index (κ1) is 14.8. The highest BCUT2D eigenvalue weighted by Crippen LogP contribution is 2.08. The molecule has 1 aromatic heterocycles. The molecule has 0 unspecified atom stereocenters. The third-order valence-electron chi connectivity index (χ3n) is 4.51. The molecule has 1 aliphatic heterocycles. The Morgan fingerprint density at radius 2 is 1.91 bits per heavy atom. The number of pyridine rings is 1. The van der Waals surface area contributed by atoms with Gasteiger partial charge in [-0.3, -0.25) is 9.59 Å². The first-order chi connectivity index (χ1) is 10.7. The van der Waals surface area contributed by atoms with E-state index in [1.54, 1.807) is 6.20 Å². The minimum atomic E-state index is -0.0933. The van der Waals surface area contributed by atoms with Crippen LogP contribution in [-0.2, 0) is 11.3 Å². The van der Waals surface area contributed by atoms with E-state index in [4.69, 9.17) is 0 Å². The summed E-state index contributed by atoms with van der Waals surface area (Å²) in [7, 11) is 0. The zero-order valence-corrected chi connectivity index (χ0v) is 12.9. The van der Waals surface area contributed by atoms with E-state index in [2.05, 4.69) is 6.92 Å². The highest BCUT2D eigenvalue weighted by atomic mass is 16.2. The molecule has 1 aliphatic rings. The van der Waals surface area contributed by atoms with Gasteiger partial charge in [0.25, 0.3) is 5.56 Å². The lowest BCUT2D eigenvalue weighted by molar-refractivity contribution is -0.902. The van der Waals surface area contributed by atoms with Gasteiger partial charge in [0.1, 0.15) is 6.54 Å². The summed E-state index contributed by atoms with van der Waals surface area (Å²) in [6, 6.07) is 9.37. The zero-order chi connectivity index (χ0) is 15.5. The van der Waals surface area contributed by atoms with Gasteiger partial charge in [-0.25, -0.2) is 0 Å². The molecule has 1 amide bonds. The smallest absolute Gasteiger partial charge is 0.258 e. The summed E-state index contributed by atoms with van der Waals surface area (Å²) in [5.74, 6) is 0.0348. The highest BCUT2D eigenvalue weighted by Gasteiger charge is 2.22. The fraction of sp³-hybridized carbons (Fsp3) is 0.412. The maximum atomic E-state index is 12.4. The van der Waals surface area contributed by atoms with Crippen molar-refractivity contribution in [3.05, 3.63) is 46.9 Å². The van der Waals surface area contributed by atoms with Gasteiger partial charge in [-0.2, -0.15) is 0 Å². The second-order valence-corrected chi connectivity index (χ2v) is 5.82. The molecule has 0 saturated carbocycles. The van der Waals surface area contributed by atoms with Crippen LogP contribution in [0.15, 0.2) is 41.3 Å². The maximum absolute atomic E-state index is 12.4. The van der Waals surface area contributed by atoms with E-state index in [0.717, 1.165) is 38.1 Å². The molecule has 1 N–H and O–H groups in total. The maximum Gasteiger partial charge on any atom is 0.258 e. The third-order valence-corrected chi connectivity index (χ3v) is 4.51. The molecule has 116 valence electrons. The monoisotopic (exact) mass is 300 g/mol. The lowest BCUT2D eigenvalue weighted by Crippen LogP contribution is -3.14. The molecule has 1 saturated heterocycles. The molecule has 1 fully saturated rings. The van der Waals surface area contributed by atoms with Crippen molar-refractivity contribution in [2.75, 3.05) is 32.7 Å². The molecule has 0 spiro atoms. The predicted octanol–water partition coefficient (Wildman–Crippen LogP) is -0.251. The number of hydrogen-bond acceptors (Lipinski definition) is 2. The minimum Gasteiger partial charge on any atom is -0.332 e. The van der Waals surface area contributed by atoms with Crippen molar-refractivity contribution < 1.29 is 9.69 Å². The van der Waals surface area contributed by atoms with Crippen LogP contribution in [0.3, 0.4) is 0 Å². The number of nitrogens with zero attached hydrogens (tertiary/aromatic N) is 2. The molecule has 0 radical (unpaired) electrons. The van der Waals surface area contributed by atoms with E-state index in [-0.39, 0.29) is 18.0 Å². The van der Waals surface area contributed by atoms with Crippen LogP contribution >= 0.6 is 0 Å². The van der Waals surface area contributed by atoms with Gasteiger partial charge in [0.15, 0.2) is 0 Å². The van der Waals surface area contributed by atoms with Crippen molar-refractivity contribution in [2.24, 2.45) is 0 Å². The predicted molar refractivity (Wildman–Crippen MR) is 86.0 cm³/mol. The topological polar surface area (TPSA) is 46.8 Å². The van der Waals surface area contributed by atoms with E-state index >= 15 is 0 Å². The Morgan fingerprint density at radius 3 is 2.64 bits per heavy atom. The van der Waals surface area contributed by atoms with Crippen LogP contribution in [-0.4, -0.2) is 48.1 Å². The average Bonchev–Trinajstić information content (AvgIpc) is 2.57. The van der Waals surface area contributed by atoms with Gasteiger partial charge >= 0.3 is 0 Å². The van der Waals surface area contributed by atoms with Crippen LogP contribution in [0.5, 0.6) is 0 Å². The summed E-state index contributed by atoms with van der Waals surface area (Å²) < 4.78 is 1.52. The Bertz CT molecular complexity index is 730. The first-order valence-electron chi connectivity index (χ1n) is 7.88. The standard InChI is InChI=1S/C17H21N3O2/c1-2-18-9-11-19(12-10-18)16(21)13-20-8-7-14-5-3-4-6-15(14)17(20)22/h3-8H,2,9-13H2,1H3/p+1. The van der Waals surface area contributed by atoms with Gasteiger partial charge in [0, 0.05) is 11.6 Å². The van der Waals surface area contributed by atoms with E-state index in [1.165, 1.54) is 9.47 Å². The summed E-state index contributed by atoms with van der Waals surface area (Å²) in [5.41, 5.74) is -0.0933. The Kier molecular flexibility index (Phi) is 4.24. The Balaban J connectivity index is 1.75. The summed E-state index contributed by atoms with van der Waals surface area (Å²) in [5, 5.41) is 1.58. The van der Waals surface area contributed by atoms with Crippen LogP contribution in [0, 0.1) is 0 Å². The Morgan fingerprint density at radius 1 is 1.18 bits per heavy atom. The highest BCUT2D eigenvalue weighted by molar-refractivity contribution is 5.82. The first-order valence-corrected chi connectivity index (χ1v) is 7.88. The van der Waals surface area contributed by atoms with Crippen molar-refractivity contribution in [1.82, 2.24) is 9.47 Å². The molecule has 1 aromatic carbocycles. The largest absolute Gasteiger partial charge is 0.332 e. The third kappa shape index (κ3) is 2.90. The molecule has 3 rings (SSSR count). The molecular formula is C17H22N3O2+. The number of nitrogens with one attached hydrogen (secondary N) is 1. The molecule has 2 aromatic rings. The van der Waals surface area contributed by atoms with Crippen molar-refractivity contribution in [2.45, 2.75) is 13.5 Å². The molecule has 0 bridgehead atoms. The molecule has 2 heterocycles. The number of carbonyl (C=O) groups is 1. The SMILES string of the molecule is CC[NH+]1CCN(C(=O)Cn2ccc3ccccc3c2=O)CC1. The number of fused-ring (bicyclic) bond motifs is 1. The number of hydrogen-bond donors (Lipinski definition) is 1. The van der Waals surface area contributed by atoms with E-state index in [1.807, 2.05) is 35.2 Å². The normalized spacial score (nSPS) is 16.1. The van der Waals surface area contributed by atoms with E-state index in [0.29, 0.717) is 5.39 Å². The second-order valence-electron chi connectivity index (χ2n) is 5.82. The van der Waals surface area contributed by atoms with E-state index < -0.39 is 0 Å². The second kappa shape index (κ2) is 6.32. The van der Waals surface area contributed by atoms with Crippen LogP contribution in [0.25, 0.3) is 10.8 Å². The summed E-state index contributed by atoms with van der Waals surface area (Å²) >= 11 is 0. The number of rotatable bonds is 3. The average molecular weight is 300 g/mol. The van der Waals surface area contributed by atoms with Crippen LogP contribution in [0.4, 0.5) is 0 Å². The van der Waals surface area contributed by atoms with Gasteiger partial charge in [-0.15, -0.1) is 0 Å². The fourth-order valence-corrected chi connectivity index (χ4v) is 3.03. The van der Waals surface area contributed by atoms with Crippen LogP contribution in [0.1, 0.15) is 6.92 Å². The molecule has 5 heteroatoms.